The molecule has 0 aliphatic carbocycles. The van der Waals surface area contributed by atoms with Gasteiger partial charge in [0.25, 0.3) is 5.56 Å². The third-order valence-electron chi connectivity index (χ3n) is 3.03. The van der Waals surface area contributed by atoms with E-state index in [4.69, 9.17) is 0 Å². The second-order valence-electron chi connectivity index (χ2n) is 4.36. The van der Waals surface area contributed by atoms with E-state index < -0.39 is 11.3 Å². The Labute approximate surface area is 134 Å². The molecule has 0 aliphatic heterocycles. The molecule has 1 heterocycles. The molecule has 22 heavy (non-hydrogen) atoms. The molecule has 0 radical (unpaired) electrons. The Morgan fingerprint density at radius 1 is 1.09 bits per heavy atom. The Bertz CT molecular complexity index is 898. The molecule has 1 unspecified atom stereocenters. The first kappa shape index (κ1) is 16.2. The minimum atomic E-state index is -2.39. The Kier molecular flexibility index (Phi) is 4.92. The lowest BCUT2D eigenvalue weighted by molar-refractivity contribution is 0.542. The Balaban J connectivity index is 0.00000176. The van der Waals surface area contributed by atoms with Crippen molar-refractivity contribution >= 4 is 40.1 Å². The molecule has 0 saturated carbocycles. The van der Waals surface area contributed by atoms with Gasteiger partial charge < -0.3 is 9.27 Å². The van der Waals surface area contributed by atoms with E-state index in [0.29, 0.717) is 27.7 Å². The molecule has 3 aromatic rings. The third-order valence-corrected chi connectivity index (χ3v) is 3.44. The maximum atomic E-state index is 11.8. The van der Waals surface area contributed by atoms with Crippen LogP contribution >= 0.6 is 12.4 Å². The summed E-state index contributed by atoms with van der Waals surface area (Å²) in [6, 6.07) is 13.9. The van der Waals surface area contributed by atoms with Crippen LogP contribution in [-0.4, -0.2) is 19.0 Å². The SMILES string of the molecule is Cl.O=c1[nH]nc(-c2cccc(NS(=O)[O-])c2)c2ccccc12. The summed E-state index contributed by atoms with van der Waals surface area (Å²) in [7, 11) is 0. The van der Waals surface area contributed by atoms with E-state index in [1.54, 1.807) is 42.5 Å². The number of H-pyrrole nitrogens is 1. The minimum Gasteiger partial charge on any atom is -0.755 e. The number of anilines is 1. The van der Waals surface area contributed by atoms with Crippen LogP contribution in [0.2, 0.25) is 0 Å². The molecule has 114 valence electrons. The summed E-state index contributed by atoms with van der Waals surface area (Å²) in [6.45, 7) is 0. The molecule has 1 atom stereocenters. The molecule has 0 spiro atoms. The average molecular weight is 337 g/mol. The lowest BCUT2D eigenvalue weighted by Crippen LogP contribution is -2.09. The monoisotopic (exact) mass is 336 g/mol. The van der Waals surface area contributed by atoms with Crippen LogP contribution in [0.15, 0.2) is 53.3 Å². The van der Waals surface area contributed by atoms with Crippen molar-refractivity contribution in [3.8, 4) is 11.3 Å². The van der Waals surface area contributed by atoms with Gasteiger partial charge in [0.15, 0.2) is 0 Å². The first-order chi connectivity index (χ1) is 10.1. The molecule has 0 saturated heterocycles. The molecular formula is C14H11ClN3O3S-. The molecule has 6 nitrogen and oxygen atoms in total. The number of rotatable bonds is 3. The fraction of sp³-hybridized carbons (Fsp3) is 0. The summed E-state index contributed by atoms with van der Waals surface area (Å²) in [4.78, 5) is 11.8. The number of nitrogens with one attached hydrogen (secondary N) is 2. The van der Waals surface area contributed by atoms with Crippen LogP contribution in [0.4, 0.5) is 5.69 Å². The quantitative estimate of drug-likeness (QED) is 0.716. The summed E-state index contributed by atoms with van der Waals surface area (Å²) in [5, 5.41) is 7.78. The zero-order valence-electron chi connectivity index (χ0n) is 11.1. The fourth-order valence-electron chi connectivity index (χ4n) is 2.16. The van der Waals surface area contributed by atoms with Crippen molar-refractivity contribution < 1.29 is 8.76 Å². The summed E-state index contributed by atoms with van der Waals surface area (Å²) in [5.74, 6) is 0. The number of aromatic amines is 1. The highest BCUT2D eigenvalue weighted by Crippen LogP contribution is 2.26. The van der Waals surface area contributed by atoms with Crippen LogP contribution < -0.4 is 10.3 Å². The smallest absolute Gasteiger partial charge is 0.272 e. The number of benzene rings is 2. The van der Waals surface area contributed by atoms with Gasteiger partial charge in [-0.2, -0.15) is 5.10 Å². The maximum absolute atomic E-state index is 11.8. The van der Waals surface area contributed by atoms with Crippen LogP contribution in [-0.2, 0) is 11.3 Å². The Morgan fingerprint density at radius 2 is 1.82 bits per heavy atom. The number of hydrogen-bond donors (Lipinski definition) is 2. The molecule has 2 N–H and O–H groups in total. The molecule has 0 fully saturated rings. The Morgan fingerprint density at radius 3 is 2.55 bits per heavy atom. The number of aromatic nitrogens is 2. The van der Waals surface area contributed by atoms with E-state index in [0.717, 1.165) is 0 Å². The Hall–Kier alpha value is -2.22. The van der Waals surface area contributed by atoms with Crippen LogP contribution in [0.25, 0.3) is 22.0 Å². The van der Waals surface area contributed by atoms with Crippen molar-refractivity contribution in [1.29, 1.82) is 0 Å². The van der Waals surface area contributed by atoms with Gasteiger partial charge in [-0.15, -0.1) is 12.4 Å². The van der Waals surface area contributed by atoms with E-state index in [-0.39, 0.29) is 18.0 Å². The summed E-state index contributed by atoms with van der Waals surface area (Å²) in [5.41, 5.74) is 1.46. The highest BCUT2D eigenvalue weighted by molar-refractivity contribution is 7.80. The van der Waals surface area contributed by atoms with E-state index in [1.807, 2.05) is 6.07 Å². The molecule has 3 rings (SSSR count). The molecule has 8 heteroatoms. The molecule has 0 aliphatic rings. The summed E-state index contributed by atoms with van der Waals surface area (Å²) >= 11 is -2.39. The largest absolute Gasteiger partial charge is 0.755 e. The van der Waals surface area contributed by atoms with Crippen LogP contribution in [0.3, 0.4) is 0 Å². The molecule has 1 aromatic heterocycles. The van der Waals surface area contributed by atoms with Gasteiger partial charge in [0.1, 0.15) is 0 Å². The van der Waals surface area contributed by atoms with Crippen molar-refractivity contribution in [2.24, 2.45) is 0 Å². The molecular weight excluding hydrogens is 326 g/mol. The predicted molar refractivity (Wildman–Crippen MR) is 87.6 cm³/mol. The number of fused-ring (bicyclic) bond motifs is 1. The highest BCUT2D eigenvalue weighted by atomic mass is 35.5. The lowest BCUT2D eigenvalue weighted by atomic mass is 10.0. The topological polar surface area (TPSA) is 97.9 Å². The summed E-state index contributed by atoms with van der Waals surface area (Å²) < 4.78 is 23.7. The lowest BCUT2D eigenvalue weighted by Gasteiger charge is -2.10. The summed E-state index contributed by atoms with van der Waals surface area (Å²) in [6.07, 6.45) is 0. The minimum absolute atomic E-state index is 0. The van der Waals surface area contributed by atoms with Crippen molar-refractivity contribution in [2.75, 3.05) is 4.72 Å². The zero-order valence-corrected chi connectivity index (χ0v) is 12.7. The van der Waals surface area contributed by atoms with Crippen molar-refractivity contribution in [3.05, 3.63) is 58.9 Å². The van der Waals surface area contributed by atoms with Gasteiger partial charge in [-0.1, -0.05) is 30.3 Å². The second-order valence-corrected chi connectivity index (χ2v) is 5.04. The van der Waals surface area contributed by atoms with Gasteiger partial charge >= 0.3 is 0 Å². The van der Waals surface area contributed by atoms with Gasteiger partial charge in [0.2, 0.25) is 0 Å². The number of nitrogens with zero attached hydrogens (tertiary/aromatic N) is 1. The number of hydrogen-bond acceptors (Lipinski definition) is 4. The highest BCUT2D eigenvalue weighted by Gasteiger charge is 2.08. The van der Waals surface area contributed by atoms with Crippen LogP contribution in [0, 0.1) is 0 Å². The van der Waals surface area contributed by atoms with E-state index in [1.165, 1.54) is 0 Å². The zero-order chi connectivity index (χ0) is 14.8. The van der Waals surface area contributed by atoms with Crippen molar-refractivity contribution in [3.63, 3.8) is 0 Å². The molecule has 0 amide bonds. The van der Waals surface area contributed by atoms with Crippen LogP contribution in [0.1, 0.15) is 0 Å². The van der Waals surface area contributed by atoms with E-state index >= 15 is 0 Å². The fourth-order valence-corrected chi connectivity index (χ4v) is 2.48. The van der Waals surface area contributed by atoms with Crippen molar-refractivity contribution in [1.82, 2.24) is 10.2 Å². The van der Waals surface area contributed by atoms with Gasteiger partial charge in [0.05, 0.1) is 11.1 Å². The molecule has 0 bridgehead atoms. The van der Waals surface area contributed by atoms with Gasteiger partial charge in [0, 0.05) is 27.9 Å². The first-order valence-electron chi connectivity index (χ1n) is 6.09. The normalized spacial score (nSPS) is 11.7. The third kappa shape index (κ3) is 3.16. The standard InChI is InChI=1S/C14H11N3O3S.ClH/c18-14-12-7-2-1-6-11(12)13(15-16-14)9-4-3-5-10(8-9)17-21(19)20;/h1-8,17H,(H,16,18)(H,19,20);1H/p-1. The maximum Gasteiger partial charge on any atom is 0.272 e. The van der Waals surface area contributed by atoms with Gasteiger partial charge in [-0.25, -0.2) is 5.10 Å². The van der Waals surface area contributed by atoms with Gasteiger partial charge in [-0.3, -0.25) is 9.00 Å². The predicted octanol–water partition coefficient (Wildman–Crippen LogP) is 2.22. The van der Waals surface area contributed by atoms with Crippen LogP contribution in [0.5, 0.6) is 0 Å². The van der Waals surface area contributed by atoms with E-state index in [2.05, 4.69) is 14.9 Å². The second kappa shape index (κ2) is 6.69. The van der Waals surface area contributed by atoms with Crippen molar-refractivity contribution in [2.45, 2.75) is 0 Å². The number of halogens is 1. The average Bonchev–Trinajstić information content (AvgIpc) is 2.47. The molecule has 2 aromatic carbocycles. The van der Waals surface area contributed by atoms with E-state index in [9.17, 15) is 13.6 Å². The first-order valence-corrected chi connectivity index (χ1v) is 7.16. The van der Waals surface area contributed by atoms with Gasteiger partial charge in [-0.05, 0) is 18.2 Å².